The fraction of sp³-hybridized carbons (Fsp3) is 0. The fourth-order valence-corrected chi connectivity index (χ4v) is 7.40. The lowest BCUT2D eigenvalue weighted by molar-refractivity contribution is 1.20. The van der Waals surface area contributed by atoms with Crippen LogP contribution in [-0.4, -0.2) is 0 Å². The van der Waals surface area contributed by atoms with Crippen LogP contribution in [0.2, 0.25) is 0 Å². The van der Waals surface area contributed by atoms with Crippen LogP contribution in [0.15, 0.2) is 231 Å². The third-order valence-electron chi connectivity index (χ3n) is 9.97. The summed E-state index contributed by atoms with van der Waals surface area (Å²) in [6.07, 6.45) is 9.32. The molecule has 0 amide bonds. The van der Waals surface area contributed by atoms with E-state index in [1.807, 2.05) is 0 Å². The first-order valence-electron chi connectivity index (χ1n) is 18.4. The quantitative estimate of drug-likeness (QED) is 0.157. The molecule has 2 radical (unpaired) electrons. The van der Waals surface area contributed by atoms with Crippen molar-refractivity contribution in [3.8, 4) is 0 Å². The van der Waals surface area contributed by atoms with Gasteiger partial charge in [-0.05, 0) is 75.9 Å². The van der Waals surface area contributed by atoms with Crippen LogP contribution in [0.5, 0.6) is 0 Å². The minimum Gasteiger partial charge on any atom is -0.310 e. The summed E-state index contributed by atoms with van der Waals surface area (Å²) in [6.45, 7) is 0. The van der Waals surface area contributed by atoms with Crippen LogP contribution in [0.25, 0.3) is 22.8 Å². The van der Waals surface area contributed by atoms with Crippen molar-refractivity contribution in [3.63, 3.8) is 0 Å². The van der Waals surface area contributed by atoms with Crippen molar-refractivity contribution in [3.05, 3.63) is 276 Å². The van der Waals surface area contributed by atoms with Gasteiger partial charge in [-0.15, -0.1) is 0 Å². The lowest BCUT2D eigenvalue weighted by Crippen LogP contribution is -2.26. The molecular formula is C52H38N2. The molecule has 7 aromatic carbocycles. The van der Waals surface area contributed by atoms with Crippen molar-refractivity contribution in [2.24, 2.45) is 0 Å². The van der Waals surface area contributed by atoms with E-state index in [9.17, 15) is 0 Å². The van der Waals surface area contributed by atoms with Crippen LogP contribution in [0.1, 0.15) is 33.4 Å². The average molecular weight is 691 g/mol. The number of nitrogens with zero attached hydrogens (tertiary/aromatic N) is 2. The number of benzene rings is 7. The third-order valence-corrected chi connectivity index (χ3v) is 9.97. The maximum atomic E-state index is 2.42. The van der Waals surface area contributed by atoms with Gasteiger partial charge >= 0.3 is 0 Å². The van der Waals surface area contributed by atoms with Gasteiger partial charge in [0.15, 0.2) is 0 Å². The molecule has 2 heteroatoms. The molecule has 9 rings (SSSR count). The second-order valence-electron chi connectivity index (χ2n) is 13.4. The highest BCUT2D eigenvalue weighted by atomic mass is 15.2. The van der Waals surface area contributed by atoms with Gasteiger partial charge < -0.3 is 9.80 Å². The lowest BCUT2D eigenvalue weighted by atomic mass is 9.89. The van der Waals surface area contributed by atoms with Gasteiger partial charge in [0.1, 0.15) is 0 Å². The molecule has 0 fully saturated rings. The standard InChI is InChI=1S/C52H38N2/c1-7-20-39(21-8-1)45-34-49(41-24-11-3-12-25-41)53(50(35-45)42-26-13-4-14-27-42)47-32-19-33-48(38-47)54-51(43-28-15-5-16-29-43)36-46(40-22-9-2-10-23-40)37-52(54)44-30-17-6-18-31-44/h1-38H. The molecule has 0 atom stereocenters. The van der Waals surface area contributed by atoms with Crippen LogP contribution in [0, 0.1) is 11.8 Å². The van der Waals surface area contributed by atoms with Crippen molar-refractivity contribution >= 4 is 34.2 Å². The van der Waals surface area contributed by atoms with Gasteiger partial charge in [-0.25, -0.2) is 0 Å². The summed E-state index contributed by atoms with van der Waals surface area (Å²) < 4.78 is 0. The van der Waals surface area contributed by atoms with E-state index in [1.54, 1.807) is 0 Å². The highest BCUT2D eigenvalue weighted by Gasteiger charge is 2.30. The minimum atomic E-state index is 1.07. The third kappa shape index (κ3) is 6.62. The van der Waals surface area contributed by atoms with Gasteiger partial charge in [0.05, 0.1) is 34.6 Å². The number of allylic oxidation sites excluding steroid dienone is 4. The summed E-state index contributed by atoms with van der Waals surface area (Å²) in [4.78, 5) is 4.84. The summed E-state index contributed by atoms with van der Waals surface area (Å²) in [5, 5.41) is 0. The zero-order chi connectivity index (χ0) is 36.1. The Morgan fingerprint density at radius 1 is 0.222 bits per heavy atom. The van der Waals surface area contributed by atoms with Gasteiger partial charge in [0, 0.05) is 11.4 Å². The molecule has 7 aromatic rings. The fourth-order valence-electron chi connectivity index (χ4n) is 7.40. The predicted octanol–water partition coefficient (Wildman–Crippen LogP) is 12.7. The van der Waals surface area contributed by atoms with E-state index in [0.29, 0.717) is 0 Å². The zero-order valence-corrected chi connectivity index (χ0v) is 29.8. The molecule has 2 nitrogen and oxygen atoms in total. The number of anilines is 2. The normalized spacial score (nSPS) is 14.9. The van der Waals surface area contributed by atoms with Gasteiger partial charge in [0.25, 0.3) is 0 Å². The lowest BCUT2D eigenvalue weighted by Gasteiger charge is -2.38. The van der Waals surface area contributed by atoms with Crippen LogP contribution in [0.3, 0.4) is 0 Å². The van der Waals surface area contributed by atoms with Gasteiger partial charge in [-0.2, -0.15) is 0 Å². The molecule has 0 N–H and O–H groups in total. The SMILES string of the molecule is C1=C(c2ccccc2)N(c2cccc(N3C(c4ccccc4)=C[C](c4ccccc4)C=C3c3ccccc3)c2)C(c2ccccc2)=C[C]1c1ccccc1. The Morgan fingerprint density at radius 2 is 0.463 bits per heavy atom. The van der Waals surface area contributed by atoms with E-state index in [1.165, 1.54) is 23.0 Å². The molecule has 0 saturated heterocycles. The topological polar surface area (TPSA) is 6.48 Å². The predicted molar refractivity (Wildman–Crippen MR) is 227 cm³/mol. The van der Waals surface area contributed by atoms with E-state index in [2.05, 4.69) is 240 Å². The van der Waals surface area contributed by atoms with Crippen molar-refractivity contribution in [1.29, 1.82) is 0 Å². The molecule has 256 valence electrons. The van der Waals surface area contributed by atoms with Gasteiger partial charge in [-0.1, -0.05) is 188 Å². The van der Waals surface area contributed by atoms with Crippen molar-refractivity contribution in [2.75, 3.05) is 9.80 Å². The van der Waals surface area contributed by atoms with E-state index in [4.69, 9.17) is 0 Å². The van der Waals surface area contributed by atoms with Crippen LogP contribution >= 0.6 is 0 Å². The zero-order valence-electron chi connectivity index (χ0n) is 29.8. The summed E-state index contributed by atoms with van der Waals surface area (Å²) in [7, 11) is 0. The Labute approximate surface area is 318 Å². The molecule has 0 bridgehead atoms. The Morgan fingerprint density at radius 3 is 0.722 bits per heavy atom. The second-order valence-corrected chi connectivity index (χ2v) is 13.4. The Balaban J connectivity index is 1.24. The first-order chi connectivity index (χ1) is 26.8. The van der Waals surface area contributed by atoms with Gasteiger partial charge in [-0.3, -0.25) is 0 Å². The molecule has 0 aliphatic carbocycles. The molecule has 0 aromatic heterocycles. The maximum Gasteiger partial charge on any atom is 0.0527 e. The molecule has 0 unspecified atom stereocenters. The van der Waals surface area contributed by atoms with Crippen molar-refractivity contribution < 1.29 is 0 Å². The van der Waals surface area contributed by atoms with E-state index in [-0.39, 0.29) is 0 Å². The Kier molecular flexibility index (Phi) is 9.15. The number of rotatable bonds is 8. The molecule has 2 aliphatic heterocycles. The molecular weight excluding hydrogens is 653 g/mol. The molecule has 2 aliphatic rings. The number of hydrogen-bond donors (Lipinski definition) is 0. The first-order valence-corrected chi connectivity index (χ1v) is 18.4. The Bertz CT molecular complexity index is 2180. The van der Waals surface area contributed by atoms with Gasteiger partial charge in [0.2, 0.25) is 0 Å². The minimum absolute atomic E-state index is 1.07. The molecule has 0 saturated carbocycles. The van der Waals surface area contributed by atoms with Crippen LogP contribution < -0.4 is 9.80 Å². The molecule has 54 heavy (non-hydrogen) atoms. The monoisotopic (exact) mass is 690 g/mol. The summed E-state index contributed by atoms with van der Waals surface area (Å²) in [5.41, 5.74) is 13.6. The smallest absolute Gasteiger partial charge is 0.0527 e. The van der Waals surface area contributed by atoms with E-state index >= 15 is 0 Å². The van der Waals surface area contributed by atoms with E-state index < -0.39 is 0 Å². The first kappa shape index (κ1) is 33.0. The summed E-state index contributed by atoms with van der Waals surface area (Å²) in [6, 6.07) is 73.3. The van der Waals surface area contributed by atoms with E-state index in [0.717, 1.165) is 56.4 Å². The second kappa shape index (κ2) is 15.0. The molecule has 0 spiro atoms. The summed E-state index contributed by atoms with van der Waals surface area (Å²) in [5.74, 6) is 2.34. The maximum absolute atomic E-state index is 2.42. The van der Waals surface area contributed by atoms with Crippen LogP contribution in [-0.2, 0) is 0 Å². The average Bonchev–Trinajstić information content (AvgIpc) is 3.27. The molecule has 2 heterocycles. The highest BCUT2D eigenvalue weighted by Crippen LogP contribution is 2.46. The highest BCUT2D eigenvalue weighted by molar-refractivity contribution is 6.03. The summed E-state index contributed by atoms with van der Waals surface area (Å²) >= 11 is 0. The van der Waals surface area contributed by atoms with Crippen LogP contribution in [0.4, 0.5) is 11.4 Å². The Hall–Kier alpha value is -6.90. The van der Waals surface area contributed by atoms with Crippen molar-refractivity contribution in [2.45, 2.75) is 0 Å². The number of hydrogen-bond acceptors (Lipinski definition) is 2. The van der Waals surface area contributed by atoms with Crippen molar-refractivity contribution in [1.82, 2.24) is 0 Å². The largest absolute Gasteiger partial charge is 0.310 e.